The Hall–Kier alpha value is -2.45. The molecular weight excluding hydrogens is 559 g/mol. The maximum atomic E-state index is 12.4. The molecule has 0 saturated carbocycles. The zero-order valence-corrected chi connectivity index (χ0v) is 21.9. The van der Waals surface area contributed by atoms with Crippen molar-refractivity contribution in [3.63, 3.8) is 0 Å². The number of halogens is 3. The first kappa shape index (κ1) is 24.7. The Kier molecular flexibility index (Phi) is 8.21. The summed E-state index contributed by atoms with van der Waals surface area (Å²) in [5, 5.41) is 4.46. The maximum Gasteiger partial charge on any atom is 0.264 e. The third-order valence-corrected chi connectivity index (χ3v) is 6.80. The van der Waals surface area contributed by atoms with E-state index in [4.69, 9.17) is 32.7 Å². The highest BCUT2D eigenvalue weighted by Gasteiger charge is 2.24. The molecule has 0 spiro atoms. The number of benzene rings is 3. The molecule has 1 amide bonds. The van der Waals surface area contributed by atoms with Gasteiger partial charge in [-0.1, -0.05) is 35.3 Å². The van der Waals surface area contributed by atoms with Gasteiger partial charge in [0.2, 0.25) is 0 Å². The van der Waals surface area contributed by atoms with Crippen LogP contribution in [0, 0.1) is 0 Å². The van der Waals surface area contributed by atoms with Crippen LogP contribution in [0.1, 0.15) is 18.1 Å². The van der Waals surface area contributed by atoms with Crippen LogP contribution in [0.2, 0.25) is 10.0 Å². The van der Waals surface area contributed by atoms with Crippen LogP contribution in [0.15, 0.2) is 75.0 Å². The molecule has 4 rings (SSSR count). The molecule has 1 N–H and O–H groups in total. The average molecular weight is 578 g/mol. The Balaban J connectivity index is 1.43. The molecule has 0 atom stereocenters. The van der Waals surface area contributed by atoms with Gasteiger partial charge in [-0.25, -0.2) is 4.99 Å². The summed E-state index contributed by atoms with van der Waals surface area (Å²) in [5.74, 6) is 1.25. The third-order valence-electron chi connectivity index (χ3n) is 4.68. The highest BCUT2D eigenvalue weighted by atomic mass is 79.9. The largest absolute Gasteiger partial charge is 0.494 e. The van der Waals surface area contributed by atoms with Crippen LogP contribution in [-0.2, 0) is 11.4 Å². The van der Waals surface area contributed by atoms with Crippen molar-refractivity contribution in [3.05, 3.63) is 91.2 Å². The van der Waals surface area contributed by atoms with Gasteiger partial charge in [0.15, 0.2) is 5.17 Å². The number of ether oxygens (including phenoxy) is 2. The van der Waals surface area contributed by atoms with Crippen molar-refractivity contribution >= 4 is 73.7 Å². The lowest BCUT2D eigenvalue weighted by Crippen LogP contribution is -2.19. The van der Waals surface area contributed by atoms with Crippen LogP contribution < -0.4 is 14.8 Å². The summed E-state index contributed by atoms with van der Waals surface area (Å²) in [6.07, 6.45) is 1.81. The van der Waals surface area contributed by atoms with E-state index in [0.29, 0.717) is 39.1 Å². The second-order valence-electron chi connectivity index (χ2n) is 7.12. The summed E-state index contributed by atoms with van der Waals surface area (Å²) in [4.78, 5) is 17.5. The van der Waals surface area contributed by atoms with Crippen LogP contribution in [-0.4, -0.2) is 17.7 Å². The number of amidine groups is 1. The van der Waals surface area contributed by atoms with E-state index in [1.807, 2.05) is 61.5 Å². The highest BCUT2D eigenvalue weighted by Crippen LogP contribution is 2.32. The van der Waals surface area contributed by atoms with Gasteiger partial charge in [-0.05, 0) is 94.8 Å². The van der Waals surface area contributed by atoms with Crippen molar-refractivity contribution in [1.29, 1.82) is 0 Å². The molecule has 1 fully saturated rings. The van der Waals surface area contributed by atoms with Crippen molar-refractivity contribution in [2.45, 2.75) is 13.5 Å². The maximum absolute atomic E-state index is 12.4. The molecule has 0 aromatic heterocycles. The number of carbonyl (C=O) groups excluding carboxylic acids is 1. The molecule has 0 aliphatic carbocycles. The van der Waals surface area contributed by atoms with Crippen molar-refractivity contribution in [1.82, 2.24) is 5.32 Å². The van der Waals surface area contributed by atoms with Crippen LogP contribution in [0.4, 0.5) is 5.69 Å². The zero-order chi connectivity index (χ0) is 24.1. The van der Waals surface area contributed by atoms with Crippen molar-refractivity contribution in [2.75, 3.05) is 6.61 Å². The molecule has 5 nitrogen and oxygen atoms in total. The lowest BCUT2D eigenvalue weighted by atomic mass is 10.2. The van der Waals surface area contributed by atoms with Gasteiger partial charge >= 0.3 is 0 Å². The van der Waals surface area contributed by atoms with Gasteiger partial charge < -0.3 is 14.8 Å². The number of amides is 1. The standard InChI is InChI=1S/C25H19BrCl2N2O3S/c1-2-32-19-8-6-18(7-9-19)29-25-30-24(31)23(34-25)12-15-3-10-22(20(26)11-15)33-14-16-4-5-17(27)13-21(16)28/h3-13H,2,14H2,1H3,(H,29,30,31)/b23-12+. The second kappa shape index (κ2) is 11.3. The molecule has 3 aromatic carbocycles. The summed E-state index contributed by atoms with van der Waals surface area (Å²) in [5.41, 5.74) is 2.42. The zero-order valence-electron chi connectivity index (χ0n) is 18.0. The quantitative estimate of drug-likeness (QED) is 0.293. The number of rotatable bonds is 7. The predicted octanol–water partition coefficient (Wildman–Crippen LogP) is 7.63. The summed E-state index contributed by atoms with van der Waals surface area (Å²) in [7, 11) is 0. The minimum atomic E-state index is -0.191. The van der Waals surface area contributed by atoms with E-state index >= 15 is 0 Å². The van der Waals surface area contributed by atoms with Gasteiger partial charge in [0.25, 0.3) is 5.91 Å². The summed E-state index contributed by atoms with van der Waals surface area (Å²) in [6, 6.07) is 18.3. The van der Waals surface area contributed by atoms with E-state index in [1.165, 1.54) is 11.8 Å². The van der Waals surface area contributed by atoms with E-state index in [9.17, 15) is 4.79 Å². The molecule has 9 heteroatoms. The molecule has 1 heterocycles. The van der Waals surface area contributed by atoms with Gasteiger partial charge in [-0.15, -0.1) is 0 Å². The number of carbonyl (C=O) groups is 1. The average Bonchev–Trinajstić information content (AvgIpc) is 3.14. The highest BCUT2D eigenvalue weighted by molar-refractivity contribution is 9.10. The molecule has 174 valence electrons. The van der Waals surface area contributed by atoms with Crippen LogP contribution >= 0.6 is 50.9 Å². The van der Waals surface area contributed by atoms with Crippen LogP contribution in [0.5, 0.6) is 11.5 Å². The monoisotopic (exact) mass is 576 g/mol. The van der Waals surface area contributed by atoms with E-state index in [1.54, 1.807) is 12.1 Å². The van der Waals surface area contributed by atoms with Gasteiger partial charge in [-0.2, -0.15) is 0 Å². The third kappa shape index (κ3) is 6.36. The SMILES string of the molecule is CCOc1ccc(N=C2NC(=O)/C(=C\c3ccc(OCc4ccc(Cl)cc4Cl)c(Br)c3)S2)cc1. The predicted molar refractivity (Wildman–Crippen MR) is 143 cm³/mol. The molecule has 3 aromatic rings. The van der Waals surface area contributed by atoms with Crippen molar-refractivity contribution in [2.24, 2.45) is 4.99 Å². The molecule has 0 radical (unpaired) electrons. The lowest BCUT2D eigenvalue weighted by molar-refractivity contribution is -0.115. The first-order valence-corrected chi connectivity index (χ1v) is 12.7. The molecule has 1 aliphatic heterocycles. The fourth-order valence-corrected chi connectivity index (χ4v) is 4.87. The number of nitrogens with zero attached hydrogens (tertiary/aromatic N) is 1. The number of hydrogen-bond donors (Lipinski definition) is 1. The van der Waals surface area contributed by atoms with Gasteiger partial charge in [-0.3, -0.25) is 4.79 Å². The number of aliphatic imine (C=N–C) groups is 1. The summed E-state index contributed by atoms with van der Waals surface area (Å²) >= 11 is 17.0. The minimum absolute atomic E-state index is 0.191. The van der Waals surface area contributed by atoms with Crippen molar-refractivity contribution in [3.8, 4) is 11.5 Å². The molecule has 0 unspecified atom stereocenters. The molecule has 1 aliphatic rings. The fraction of sp³-hybridized carbons (Fsp3) is 0.120. The molecule has 0 bridgehead atoms. The molecule has 34 heavy (non-hydrogen) atoms. The summed E-state index contributed by atoms with van der Waals surface area (Å²) in [6.45, 7) is 2.84. The Labute approximate surface area is 220 Å². The molecular formula is C25H19BrCl2N2O3S. The second-order valence-corrected chi connectivity index (χ2v) is 9.85. The first-order valence-electron chi connectivity index (χ1n) is 10.3. The number of thioether (sulfide) groups is 1. The lowest BCUT2D eigenvalue weighted by Gasteiger charge is -2.10. The van der Waals surface area contributed by atoms with Gasteiger partial charge in [0.1, 0.15) is 18.1 Å². The first-order chi connectivity index (χ1) is 16.4. The van der Waals surface area contributed by atoms with Gasteiger partial charge in [0.05, 0.1) is 21.7 Å². The number of nitrogens with one attached hydrogen (secondary N) is 1. The van der Waals surface area contributed by atoms with E-state index < -0.39 is 0 Å². The van der Waals surface area contributed by atoms with Crippen molar-refractivity contribution < 1.29 is 14.3 Å². The Morgan fingerprint density at radius 3 is 2.56 bits per heavy atom. The normalized spacial score (nSPS) is 15.6. The van der Waals surface area contributed by atoms with E-state index in [2.05, 4.69) is 26.2 Å². The number of hydrogen-bond acceptors (Lipinski definition) is 5. The van der Waals surface area contributed by atoms with Gasteiger partial charge in [0, 0.05) is 15.6 Å². The summed E-state index contributed by atoms with van der Waals surface area (Å²) < 4.78 is 12.1. The smallest absolute Gasteiger partial charge is 0.264 e. The van der Waals surface area contributed by atoms with Crippen LogP contribution in [0.3, 0.4) is 0 Å². The Morgan fingerprint density at radius 2 is 1.85 bits per heavy atom. The molecule has 1 saturated heterocycles. The topological polar surface area (TPSA) is 59.9 Å². The minimum Gasteiger partial charge on any atom is -0.494 e. The van der Waals surface area contributed by atoms with E-state index in [-0.39, 0.29) is 5.91 Å². The van der Waals surface area contributed by atoms with Crippen LogP contribution in [0.25, 0.3) is 6.08 Å². The Morgan fingerprint density at radius 1 is 1.06 bits per heavy atom. The Bertz CT molecular complexity index is 1280. The van der Waals surface area contributed by atoms with E-state index in [0.717, 1.165) is 27.0 Å². The fourth-order valence-electron chi connectivity index (χ4n) is 3.05.